The van der Waals surface area contributed by atoms with Crippen LogP contribution in [0, 0.1) is 19.8 Å². The molecule has 2 aromatic rings. The van der Waals surface area contributed by atoms with Crippen LogP contribution in [0.5, 0.6) is 0 Å². The molecule has 5 heteroatoms. The summed E-state index contributed by atoms with van der Waals surface area (Å²) >= 11 is 0. The van der Waals surface area contributed by atoms with Crippen LogP contribution in [0.15, 0.2) is 42.5 Å². The van der Waals surface area contributed by atoms with E-state index in [1.807, 2.05) is 44.2 Å². The third kappa shape index (κ3) is 5.59. The molecule has 1 saturated heterocycles. The van der Waals surface area contributed by atoms with Crippen LogP contribution in [0.25, 0.3) is 0 Å². The highest BCUT2D eigenvalue weighted by atomic mass is 16.5. The largest absolute Gasteiger partial charge is 0.466 e. The highest BCUT2D eigenvalue weighted by molar-refractivity contribution is 5.92. The molecule has 29 heavy (non-hydrogen) atoms. The lowest BCUT2D eigenvalue weighted by Crippen LogP contribution is -2.36. The average molecular weight is 395 g/mol. The second-order valence-electron chi connectivity index (χ2n) is 7.70. The van der Waals surface area contributed by atoms with Crippen LogP contribution in [0.1, 0.15) is 36.5 Å². The van der Waals surface area contributed by atoms with Gasteiger partial charge in [0.25, 0.3) is 0 Å². The van der Waals surface area contributed by atoms with E-state index in [2.05, 4.69) is 29.3 Å². The first-order valence-corrected chi connectivity index (χ1v) is 10.3. The van der Waals surface area contributed by atoms with E-state index in [0.717, 1.165) is 42.9 Å². The fourth-order valence-corrected chi connectivity index (χ4v) is 3.67. The summed E-state index contributed by atoms with van der Waals surface area (Å²) in [5.41, 5.74) is 5.32. The number of nitrogens with one attached hydrogen (secondary N) is 1. The van der Waals surface area contributed by atoms with E-state index in [9.17, 15) is 9.59 Å². The summed E-state index contributed by atoms with van der Waals surface area (Å²) in [6.07, 6.45) is 1.98. The summed E-state index contributed by atoms with van der Waals surface area (Å²) in [4.78, 5) is 26.5. The normalized spacial score (nSPS) is 14.5. The Morgan fingerprint density at radius 1 is 1.03 bits per heavy atom. The summed E-state index contributed by atoms with van der Waals surface area (Å²) in [5, 5.41) is 2.97. The highest BCUT2D eigenvalue weighted by Gasteiger charge is 2.26. The van der Waals surface area contributed by atoms with Gasteiger partial charge in [0.2, 0.25) is 5.91 Å². The molecule has 1 amide bonds. The first-order valence-electron chi connectivity index (χ1n) is 10.3. The molecule has 1 heterocycles. The average Bonchev–Trinajstić information content (AvgIpc) is 2.71. The van der Waals surface area contributed by atoms with Crippen molar-refractivity contribution in [3.8, 4) is 0 Å². The molecule has 0 spiro atoms. The number of rotatable bonds is 6. The van der Waals surface area contributed by atoms with E-state index in [4.69, 9.17) is 4.74 Å². The second-order valence-corrected chi connectivity index (χ2v) is 7.70. The predicted molar refractivity (Wildman–Crippen MR) is 116 cm³/mol. The first-order chi connectivity index (χ1) is 14.0. The number of nitrogens with zero attached hydrogens (tertiary/aromatic N) is 1. The van der Waals surface area contributed by atoms with E-state index in [1.54, 1.807) is 0 Å². The molecule has 154 valence electrons. The van der Waals surface area contributed by atoms with Gasteiger partial charge in [0.1, 0.15) is 0 Å². The Balaban J connectivity index is 1.52. The van der Waals surface area contributed by atoms with Crippen LogP contribution in [0.2, 0.25) is 0 Å². The van der Waals surface area contributed by atoms with Gasteiger partial charge >= 0.3 is 5.97 Å². The lowest BCUT2D eigenvalue weighted by molar-refractivity contribution is -0.148. The summed E-state index contributed by atoms with van der Waals surface area (Å²) in [5.74, 6) is -0.0758. The van der Waals surface area contributed by atoms with Gasteiger partial charge in [0.05, 0.1) is 18.9 Å². The van der Waals surface area contributed by atoms with Crippen molar-refractivity contribution in [3.63, 3.8) is 0 Å². The maximum absolute atomic E-state index is 12.4. The molecule has 3 rings (SSSR count). The van der Waals surface area contributed by atoms with Gasteiger partial charge < -0.3 is 15.0 Å². The zero-order valence-electron chi connectivity index (χ0n) is 17.5. The summed E-state index contributed by atoms with van der Waals surface area (Å²) < 4.78 is 5.13. The Labute approximate surface area is 173 Å². The summed E-state index contributed by atoms with van der Waals surface area (Å²) in [6, 6.07) is 14.1. The Kier molecular flexibility index (Phi) is 6.91. The van der Waals surface area contributed by atoms with E-state index in [1.165, 1.54) is 11.1 Å². The minimum atomic E-state index is -0.0720. The number of ether oxygens (including phenoxy) is 1. The van der Waals surface area contributed by atoms with E-state index in [-0.39, 0.29) is 17.8 Å². The molecule has 0 aromatic heterocycles. The first kappa shape index (κ1) is 20.9. The van der Waals surface area contributed by atoms with Crippen LogP contribution in [-0.4, -0.2) is 31.6 Å². The SMILES string of the molecule is CCOC(=O)C1CCN(c2ccc(CC(=O)Nc3ccc(C)c(C)c3)cc2)CC1. The Bertz CT molecular complexity index is 853. The predicted octanol–water partition coefficient (Wildman–Crippen LogP) is 4.26. The molecule has 2 aromatic carbocycles. The highest BCUT2D eigenvalue weighted by Crippen LogP contribution is 2.24. The molecule has 0 unspecified atom stereocenters. The molecular formula is C24H30N2O3. The third-order valence-electron chi connectivity index (χ3n) is 5.57. The van der Waals surface area contributed by atoms with Crippen molar-refractivity contribution in [1.82, 2.24) is 0 Å². The lowest BCUT2D eigenvalue weighted by atomic mass is 9.96. The summed E-state index contributed by atoms with van der Waals surface area (Å²) in [6.45, 7) is 8.07. The van der Waals surface area contributed by atoms with E-state index >= 15 is 0 Å². The van der Waals surface area contributed by atoms with E-state index < -0.39 is 0 Å². The lowest BCUT2D eigenvalue weighted by Gasteiger charge is -2.32. The van der Waals surface area contributed by atoms with Crippen molar-refractivity contribution in [3.05, 3.63) is 59.2 Å². The van der Waals surface area contributed by atoms with Crippen molar-refractivity contribution in [1.29, 1.82) is 0 Å². The zero-order chi connectivity index (χ0) is 20.8. The van der Waals surface area contributed by atoms with Crippen molar-refractivity contribution < 1.29 is 14.3 Å². The molecule has 1 fully saturated rings. The van der Waals surface area contributed by atoms with Crippen LogP contribution >= 0.6 is 0 Å². The molecule has 0 saturated carbocycles. The number of benzene rings is 2. The minimum absolute atomic E-state index is 0.0135. The van der Waals surface area contributed by atoms with Crippen molar-refractivity contribution in [2.75, 3.05) is 29.9 Å². The minimum Gasteiger partial charge on any atom is -0.466 e. The molecule has 5 nitrogen and oxygen atoms in total. The smallest absolute Gasteiger partial charge is 0.309 e. The number of esters is 1. The van der Waals surface area contributed by atoms with Crippen LogP contribution < -0.4 is 10.2 Å². The molecule has 0 radical (unpaired) electrons. The standard InChI is InChI=1S/C24H30N2O3/c1-4-29-24(28)20-11-13-26(14-12-20)22-9-6-19(7-10-22)16-23(27)25-21-8-5-17(2)18(3)15-21/h5-10,15,20H,4,11-14,16H2,1-3H3,(H,25,27). The van der Waals surface area contributed by atoms with Gasteiger partial charge in [-0.05, 0) is 74.6 Å². The van der Waals surface area contributed by atoms with Crippen LogP contribution in [0.4, 0.5) is 11.4 Å². The number of aryl methyl sites for hydroxylation is 2. The maximum atomic E-state index is 12.4. The molecule has 1 aliphatic rings. The molecular weight excluding hydrogens is 364 g/mol. The third-order valence-corrected chi connectivity index (χ3v) is 5.57. The number of carbonyl (C=O) groups is 2. The topological polar surface area (TPSA) is 58.6 Å². The monoisotopic (exact) mass is 394 g/mol. The van der Waals surface area contributed by atoms with E-state index in [0.29, 0.717) is 13.0 Å². The molecule has 1 N–H and O–H groups in total. The van der Waals surface area contributed by atoms with Crippen LogP contribution in [-0.2, 0) is 20.7 Å². The van der Waals surface area contributed by atoms with Gasteiger partial charge in [0, 0.05) is 24.5 Å². The number of anilines is 2. The fourth-order valence-electron chi connectivity index (χ4n) is 3.67. The van der Waals surface area contributed by atoms with Crippen LogP contribution in [0.3, 0.4) is 0 Å². The number of amides is 1. The Hall–Kier alpha value is -2.82. The number of piperidine rings is 1. The van der Waals surface area contributed by atoms with Gasteiger partial charge in [-0.25, -0.2) is 0 Å². The van der Waals surface area contributed by atoms with Gasteiger partial charge in [0.15, 0.2) is 0 Å². The Morgan fingerprint density at radius 2 is 1.72 bits per heavy atom. The van der Waals surface area contributed by atoms with Gasteiger partial charge in [-0.2, -0.15) is 0 Å². The number of hydrogen-bond acceptors (Lipinski definition) is 4. The Morgan fingerprint density at radius 3 is 2.34 bits per heavy atom. The maximum Gasteiger partial charge on any atom is 0.309 e. The van der Waals surface area contributed by atoms with Crippen molar-refractivity contribution in [2.45, 2.75) is 40.0 Å². The zero-order valence-corrected chi connectivity index (χ0v) is 17.5. The number of hydrogen-bond donors (Lipinski definition) is 1. The molecule has 0 aliphatic carbocycles. The van der Waals surface area contributed by atoms with Crippen molar-refractivity contribution >= 4 is 23.3 Å². The fraction of sp³-hybridized carbons (Fsp3) is 0.417. The number of carbonyl (C=O) groups excluding carboxylic acids is 2. The molecule has 1 aliphatic heterocycles. The second kappa shape index (κ2) is 9.59. The van der Waals surface area contributed by atoms with Gasteiger partial charge in [-0.3, -0.25) is 9.59 Å². The molecule has 0 atom stereocenters. The van der Waals surface area contributed by atoms with Gasteiger partial charge in [-0.1, -0.05) is 18.2 Å². The molecule has 0 bridgehead atoms. The quantitative estimate of drug-likeness (QED) is 0.744. The van der Waals surface area contributed by atoms with Gasteiger partial charge in [-0.15, -0.1) is 0 Å². The van der Waals surface area contributed by atoms with Crippen molar-refractivity contribution in [2.24, 2.45) is 5.92 Å². The summed E-state index contributed by atoms with van der Waals surface area (Å²) in [7, 11) is 0.